The summed E-state index contributed by atoms with van der Waals surface area (Å²) in [5.41, 5.74) is 7.12. The molecule has 1 aliphatic carbocycles. The molecule has 1 aliphatic rings. The van der Waals surface area contributed by atoms with Crippen LogP contribution in [0.5, 0.6) is 0 Å². The van der Waals surface area contributed by atoms with Crippen molar-refractivity contribution in [1.82, 2.24) is 4.98 Å². The molecule has 98 valence electrons. The first-order valence-corrected chi connectivity index (χ1v) is 6.80. The van der Waals surface area contributed by atoms with Gasteiger partial charge in [-0.05, 0) is 37.5 Å². The van der Waals surface area contributed by atoms with E-state index < -0.39 is 11.7 Å². The molecule has 3 N–H and O–H groups in total. The number of nitrogens with one attached hydrogen (secondary N) is 1. The predicted octanol–water partition coefficient (Wildman–Crippen LogP) is 2.61. The number of thiazole rings is 1. The SMILES string of the molecule is Nc1ccc(F)cc1C(=O)Nc1nc2c(s1)CCC2. The zero-order chi connectivity index (χ0) is 13.4. The minimum atomic E-state index is -0.485. The summed E-state index contributed by atoms with van der Waals surface area (Å²) >= 11 is 1.48. The lowest BCUT2D eigenvalue weighted by Gasteiger charge is -2.05. The van der Waals surface area contributed by atoms with Crippen molar-refractivity contribution in [3.63, 3.8) is 0 Å². The monoisotopic (exact) mass is 277 g/mol. The predicted molar refractivity (Wildman–Crippen MR) is 72.9 cm³/mol. The lowest BCUT2D eigenvalue weighted by Crippen LogP contribution is -2.14. The molecule has 0 saturated carbocycles. The topological polar surface area (TPSA) is 68.0 Å². The molecule has 0 atom stereocenters. The van der Waals surface area contributed by atoms with Crippen LogP contribution in [0.3, 0.4) is 0 Å². The molecule has 0 aliphatic heterocycles. The van der Waals surface area contributed by atoms with E-state index in [0.29, 0.717) is 5.13 Å². The van der Waals surface area contributed by atoms with Gasteiger partial charge in [0.05, 0.1) is 11.3 Å². The third-order valence-electron chi connectivity index (χ3n) is 3.08. The molecule has 0 unspecified atom stereocenters. The zero-order valence-electron chi connectivity index (χ0n) is 10.1. The molecule has 1 heterocycles. The molecule has 4 nitrogen and oxygen atoms in total. The molecule has 0 fully saturated rings. The van der Waals surface area contributed by atoms with Gasteiger partial charge in [-0.25, -0.2) is 9.37 Å². The zero-order valence-corrected chi connectivity index (χ0v) is 10.9. The third kappa shape index (κ3) is 2.31. The maximum absolute atomic E-state index is 13.1. The fourth-order valence-corrected chi connectivity index (χ4v) is 3.18. The molecule has 2 aromatic rings. The van der Waals surface area contributed by atoms with Crippen molar-refractivity contribution in [2.24, 2.45) is 0 Å². The van der Waals surface area contributed by atoms with Gasteiger partial charge < -0.3 is 5.73 Å². The number of nitrogens with zero attached hydrogens (tertiary/aromatic N) is 1. The van der Waals surface area contributed by atoms with Crippen LogP contribution >= 0.6 is 11.3 Å². The number of benzene rings is 1. The number of aryl methyl sites for hydroxylation is 2. The number of halogens is 1. The van der Waals surface area contributed by atoms with E-state index >= 15 is 0 Å². The van der Waals surface area contributed by atoms with Gasteiger partial charge >= 0.3 is 0 Å². The minimum absolute atomic E-state index is 0.135. The molecule has 3 rings (SSSR count). The first-order valence-electron chi connectivity index (χ1n) is 5.98. The molecule has 0 radical (unpaired) electrons. The molecule has 0 bridgehead atoms. The van der Waals surface area contributed by atoms with Crippen molar-refractivity contribution < 1.29 is 9.18 Å². The van der Waals surface area contributed by atoms with E-state index in [-0.39, 0.29) is 11.3 Å². The summed E-state index contributed by atoms with van der Waals surface area (Å²) in [6.45, 7) is 0. The number of hydrogen-bond donors (Lipinski definition) is 2. The Labute approximate surface area is 113 Å². The summed E-state index contributed by atoms with van der Waals surface area (Å²) in [7, 11) is 0. The number of anilines is 2. The number of nitrogens with two attached hydrogens (primary N) is 1. The summed E-state index contributed by atoms with van der Waals surface area (Å²) in [5.74, 6) is -0.912. The Kier molecular flexibility index (Phi) is 2.94. The number of amides is 1. The van der Waals surface area contributed by atoms with Crippen molar-refractivity contribution in [1.29, 1.82) is 0 Å². The largest absolute Gasteiger partial charge is 0.398 e. The highest BCUT2D eigenvalue weighted by Gasteiger charge is 2.19. The summed E-state index contributed by atoms with van der Waals surface area (Å²) in [5, 5.41) is 3.23. The van der Waals surface area contributed by atoms with Crippen molar-refractivity contribution in [3.8, 4) is 0 Å². The van der Waals surface area contributed by atoms with Crippen LogP contribution < -0.4 is 11.1 Å². The van der Waals surface area contributed by atoms with Crippen LogP contribution in [0.15, 0.2) is 18.2 Å². The summed E-state index contributed by atoms with van der Waals surface area (Å²) < 4.78 is 13.1. The van der Waals surface area contributed by atoms with E-state index in [0.717, 1.165) is 31.0 Å². The average molecular weight is 277 g/mol. The molecule has 0 saturated heterocycles. The number of fused-ring (bicyclic) bond motifs is 1. The number of nitrogen functional groups attached to an aromatic ring is 1. The van der Waals surface area contributed by atoms with E-state index in [1.165, 1.54) is 28.3 Å². The van der Waals surface area contributed by atoms with Gasteiger partial charge in [-0.1, -0.05) is 0 Å². The van der Waals surface area contributed by atoms with Crippen LogP contribution in [0.4, 0.5) is 15.2 Å². The Balaban J connectivity index is 1.82. The maximum atomic E-state index is 13.1. The highest BCUT2D eigenvalue weighted by Crippen LogP contribution is 2.30. The van der Waals surface area contributed by atoms with Crippen LogP contribution in [0.1, 0.15) is 27.3 Å². The van der Waals surface area contributed by atoms with Crippen LogP contribution in [-0.2, 0) is 12.8 Å². The minimum Gasteiger partial charge on any atom is -0.398 e. The van der Waals surface area contributed by atoms with Gasteiger partial charge in [-0.15, -0.1) is 11.3 Å². The van der Waals surface area contributed by atoms with Crippen LogP contribution in [-0.4, -0.2) is 10.9 Å². The van der Waals surface area contributed by atoms with Gasteiger partial charge in [-0.2, -0.15) is 0 Å². The molecule has 1 aromatic heterocycles. The van der Waals surface area contributed by atoms with E-state index in [9.17, 15) is 9.18 Å². The van der Waals surface area contributed by atoms with Gasteiger partial charge in [0.25, 0.3) is 5.91 Å². The number of carbonyl (C=O) groups is 1. The van der Waals surface area contributed by atoms with E-state index in [4.69, 9.17) is 5.73 Å². The molecular weight excluding hydrogens is 265 g/mol. The summed E-state index contributed by atoms with van der Waals surface area (Å²) in [4.78, 5) is 17.6. The van der Waals surface area contributed by atoms with Gasteiger partial charge in [0.2, 0.25) is 0 Å². The molecule has 1 aromatic carbocycles. The molecule has 0 spiro atoms. The van der Waals surface area contributed by atoms with E-state index in [1.807, 2.05) is 0 Å². The van der Waals surface area contributed by atoms with Crippen molar-refractivity contribution in [2.75, 3.05) is 11.1 Å². The number of hydrogen-bond acceptors (Lipinski definition) is 4. The van der Waals surface area contributed by atoms with Gasteiger partial charge in [0.1, 0.15) is 5.82 Å². The molecule has 6 heteroatoms. The summed E-state index contributed by atoms with van der Waals surface area (Å²) in [6, 6.07) is 3.74. The Morgan fingerprint density at radius 3 is 3.05 bits per heavy atom. The Morgan fingerprint density at radius 2 is 2.26 bits per heavy atom. The first kappa shape index (κ1) is 12.1. The van der Waals surface area contributed by atoms with E-state index in [1.54, 1.807) is 0 Å². The quantitative estimate of drug-likeness (QED) is 0.829. The number of carbonyl (C=O) groups excluding carboxylic acids is 1. The summed E-state index contributed by atoms with van der Waals surface area (Å²) in [6.07, 6.45) is 3.11. The third-order valence-corrected chi connectivity index (χ3v) is 4.15. The molecular formula is C13H12FN3OS. The average Bonchev–Trinajstić information content (AvgIpc) is 2.92. The van der Waals surface area contributed by atoms with Crippen molar-refractivity contribution >= 4 is 28.1 Å². The first-order chi connectivity index (χ1) is 9.13. The normalized spacial score (nSPS) is 13.3. The molecule has 19 heavy (non-hydrogen) atoms. The Morgan fingerprint density at radius 1 is 1.42 bits per heavy atom. The van der Waals surface area contributed by atoms with E-state index in [2.05, 4.69) is 10.3 Å². The van der Waals surface area contributed by atoms with Gasteiger partial charge in [-0.3, -0.25) is 10.1 Å². The van der Waals surface area contributed by atoms with Crippen molar-refractivity contribution in [3.05, 3.63) is 40.2 Å². The number of aromatic nitrogens is 1. The Hall–Kier alpha value is -1.95. The van der Waals surface area contributed by atoms with Gasteiger partial charge in [0.15, 0.2) is 5.13 Å². The van der Waals surface area contributed by atoms with Crippen LogP contribution in [0.2, 0.25) is 0 Å². The Bertz CT molecular complexity index is 632. The smallest absolute Gasteiger partial charge is 0.259 e. The highest BCUT2D eigenvalue weighted by molar-refractivity contribution is 7.16. The highest BCUT2D eigenvalue weighted by atomic mass is 32.1. The standard InChI is InChI=1S/C13H12FN3OS/c14-7-4-5-9(15)8(6-7)12(18)17-13-16-10-2-1-3-11(10)19-13/h4-6H,1-3,15H2,(H,16,17,18). The second-order valence-electron chi connectivity index (χ2n) is 4.43. The lowest BCUT2D eigenvalue weighted by molar-refractivity contribution is 0.102. The van der Waals surface area contributed by atoms with Crippen molar-refractivity contribution in [2.45, 2.75) is 19.3 Å². The van der Waals surface area contributed by atoms with Crippen LogP contribution in [0.25, 0.3) is 0 Å². The fourth-order valence-electron chi connectivity index (χ4n) is 2.13. The second kappa shape index (κ2) is 4.62. The number of rotatable bonds is 2. The van der Waals surface area contributed by atoms with Gasteiger partial charge in [0, 0.05) is 10.6 Å². The second-order valence-corrected chi connectivity index (χ2v) is 5.51. The maximum Gasteiger partial charge on any atom is 0.259 e. The molecule has 1 amide bonds. The van der Waals surface area contributed by atoms with Crippen LogP contribution in [0, 0.1) is 5.82 Å². The lowest BCUT2D eigenvalue weighted by atomic mass is 10.1. The fraction of sp³-hybridized carbons (Fsp3) is 0.231.